The topological polar surface area (TPSA) is 49.7 Å². The maximum atomic E-state index is 14.7. The number of phenols is 1. The van der Waals surface area contributed by atoms with Crippen molar-refractivity contribution >= 4 is 0 Å². The number of halogens is 14. The first-order valence-corrected chi connectivity index (χ1v) is 23.9. The van der Waals surface area contributed by atoms with E-state index in [1.54, 1.807) is 0 Å². The molecule has 392 valence electrons. The van der Waals surface area contributed by atoms with E-state index in [0.29, 0.717) is 41.3 Å². The summed E-state index contributed by atoms with van der Waals surface area (Å²) in [5.74, 6) is -17.7. The van der Waals surface area contributed by atoms with E-state index in [1.165, 1.54) is 37.1 Å². The summed E-state index contributed by atoms with van der Waals surface area (Å²) >= 11 is 0. The molecule has 0 heterocycles. The van der Waals surface area contributed by atoms with Crippen LogP contribution in [0.15, 0.2) is 72.8 Å². The van der Waals surface area contributed by atoms with Gasteiger partial charge < -0.3 is 14.9 Å². The molecule has 0 bridgehead atoms. The van der Waals surface area contributed by atoms with Gasteiger partial charge in [0.2, 0.25) is 0 Å². The number of ether oxygens (including phenoxy) is 1. The summed E-state index contributed by atoms with van der Waals surface area (Å²) in [5.41, 5.74) is -1.33. The average molecular weight is 1040 g/mol. The van der Waals surface area contributed by atoms with Gasteiger partial charge in [0.15, 0.2) is 69.7 Å². The lowest BCUT2D eigenvalue weighted by atomic mass is 9.77. The van der Waals surface area contributed by atoms with Crippen molar-refractivity contribution in [3.63, 3.8) is 0 Å². The van der Waals surface area contributed by atoms with E-state index < -0.39 is 128 Å². The van der Waals surface area contributed by atoms with Crippen LogP contribution in [0.25, 0.3) is 22.3 Å². The zero-order chi connectivity index (χ0) is 53.3. The molecule has 0 atom stereocenters. The fourth-order valence-corrected chi connectivity index (χ4v) is 9.69. The highest BCUT2D eigenvalue weighted by atomic mass is 19.2. The third-order valence-corrected chi connectivity index (χ3v) is 13.4. The minimum atomic E-state index is -1.76. The zero-order valence-electron chi connectivity index (χ0n) is 39.7. The van der Waals surface area contributed by atoms with Gasteiger partial charge in [-0.25, -0.2) is 61.5 Å². The molecule has 2 aliphatic rings. The summed E-state index contributed by atoms with van der Waals surface area (Å²) in [7, 11) is 0. The molecule has 8 rings (SSSR count). The van der Waals surface area contributed by atoms with Crippen LogP contribution < -0.4 is 4.74 Å². The van der Waals surface area contributed by atoms with Gasteiger partial charge in [-0.15, -0.1) is 0 Å². The molecule has 0 radical (unpaired) electrons. The summed E-state index contributed by atoms with van der Waals surface area (Å²) in [6.45, 7) is 3.19. The second kappa shape index (κ2) is 25.2. The summed E-state index contributed by atoms with van der Waals surface area (Å²) < 4.78 is 197. The first kappa shape index (κ1) is 56.2. The molecule has 0 aliphatic heterocycles. The molecule has 2 aliphatic carbocycles. The normalized spacial score (nSPS) is 17.6. The molecular formula is C56H52F14O3. The number of aliphatic hydroxyl groups excluding tert-OH is 1. The smallest absolute Gasteiger partial charge is 0.194 e. The SMILES string of the molecule is CCCC1CCC(c2cc(F)c(O)c(F)c2)CC1.CCCC1CCC(c2cc(F)c(OCc3cc(F)c(-c4cc(F)c(F)c(F)c4)c(F)c3)c(F)c2)CC1.OCc1cc(F)c(-c2cc(F)c(F)c(F)c2)c(F)c1. The van der Waals surface area contributed by atoms with E-state index in [-0.39, 0.29) is 23.0 Å². The average Bonchev–Trinajstić information content (AvgIpc) is 3.34. The number of aromatic hydroxyl groups is 1. The monoisotopic (exact) mass is 1040 g/mol. The molecule has 6 aromatic carbocycles. The molecule has 2 fully saturated rings. The van der Waals surface area contributed by atoms with Gasteiger partial charge in [0.25, 0.3) is 0 Å². The van der Waals surface area contributed by atoms with Gasteiger partial charge in [-0.3, -0.25) is 0 Å². The first-order chi connectivity index (χ1) is 34.7. The van der Waals surface area contributed by atoms with Gasteiger partial charge in [-0.2, -0.15) is 0 Å². The predicted molar refractivity (Wildman–Crippen MR) is 247 cm³/mol. The standard InChI is InChI=1S/C28H25F7O.C15H20F2O.C13H7F5O/c1-2-3-15-4-6-17(7-5-15)18-10-24(33)28(25(34)11-18)36-14-16-8-20(29)26(21(30)9-16)19-12-22(31)27(35)23(32)13-19;1-2-3-10-4-6-11(7-5-10)12-8-13(16)15(18)14(17)9-12;14-8-1-6(5-19)2-9(15)12(8)7-3-10(16)13(18)11(17)4-7/h8-13,15,17H,2-7,14H2,1H3;8-11,18H,2-7H2,1H3;1-4,19H,5H2. The molecule has 0 aromatic heterocycles. The van der Waals surface area contributed by atoms with E-state index in [1.807, 2.05) is 0 Å². The predicted octanol–water partition coefficient (Wildman–Crippen LogP) is 17.3. The van der Waals surface area contributed by atoms with Crippen LogP contribution in [0.4, 0.5) is 61.5 Å². The molecule has 73 heavy (non-hydrogen) atoms. The second-order valence-electron chi connectivity index (χ2n) is 18.5. The van der Waals surface area contributed by atoms with Gasteiger partial charge in [0.05, 0.1) is 17.7 Å². The molecule has 0 saturated heterocycles. The highest BCUT2D eigenvalue weighted by molar-refractivity contribution is 5.66. The number of aliphatic hydroxyl groups is 1. The van der Waals surface area contributed by atoms with Gasteiger partial charge >= 0.3 is 0 Å². The largest absolute Gasteiger partial charge is 0.503 e. The lowest BCUT2D eigenvalue weighted by molar-refractivity contribution is 0.271. The van der Waals surface area contributed by atoms with E-state index in [4.69, 9.17) is 14.9 Å². The number of hydrogen-bond acceptors (Lipinski definition) is 3. The molecule has 2 N–H and O–H groups in total. The Labute approximate surface area is 413 Å². The Morgan fingerprint density at radius 1 is 0.411 bits per heavy atom. The molecule has 2 saturated carbocycles. The van der Waals surface area contributed by atoms with E-state index in [9.17, 15) is 61.5 Å². The summed E-state index contributed by atoms with van der Waals surface area (Å²) in [6.07, 6.45) is 12.8. The highest BCUT2D eigenvalue weighted by Gasteiger charge is 2.27. The lowest BCUT2D eigenvalue weighted by Crippen LogP contribution is -2.14. The van der Waals surface area contributed by atoms with E-state index in [2.05, 4.69) is 13.8 Å². The Kier molecular flexibility index (Phi) is 19.4. The first-order valence-electron chi connectivity index (χ1n) is 23.9. The summed E-state index contributed by atoms with van der Waals surface area (Å²) in [4.78, 5) is 0. The van der Waals surface area contributed by atoms with Crippen LogP contribution in [0.3, 0.4) is 0 Å². The maximum Gasteiger partial charge on any atom is 0.194 e. The van der Waals surface area contributed by atoms with Crippen LogP contribution in [0.2, 0.25) is 0 Å². The maximum absolute atomic E-state index is 14.7. The van der Waals surface area contributed by atoms with Gasteiger partial charge in [-0.05, 0) is 181 Å². The number of rotatable bonds is 12. The number of phenolic OH excluding ortho intramolecular Hbond substituents is 1. The van der Waals surface area contributed by atoms with Crippen molar-refractivity contribution in [2.75, 3.05) is 0 Å². The fourth-order valence-electron chi connectivity index (χ4n) is 9.69. The minimum Gasteiger partial charge on any atom is -0.503 e. The Morgan fingerprint density at radius 3 is 1.07 bits per heavy atom. The quantitative estimate of drug-likeness (QED) is 0.0949. The van der Waals surface area contributed by atoms with Crippen molar-refractivity contribution in [2.45, 2.75) is 116 Å². The van der Waals surface area contributed by atoms with Crippen molar-refractivity contribution < 1.29 is 76.4 Å². The molecule has 0 spiro atoms. The van der Waals surface area contributed by atoms with Crippen LogP contribution in [0.1, 0.15) is 125 Å². The Hall–Kier alpha value is -6.10. The van der Waals surface area contributed by atoms with Crippen molar-refractivity contribution in [3.05, 3.63) is 176 Å². The van der Waals surface area contributed by atoms with Crippen LogP contribution in [-0.2, 0) is 13.2 Å². The Balaban J connectivity index is 0.000000197. The van der Waals surface area contributed by atoms with Crippen LogP contribution in [-0.4, -0.2) is 10.2 Å². The Bertz CT molecular complexity index is 2740. The Morgan fingerprint density at radius 2 is 0.740 bits per heavy atom. The van der Waals surface area contributed by atoms with Gasteiger partial charge in [-0.1, -0.05) is 39.5 Å². The second-order valence-corrected chi connectivity index (χ2v) is 18.5. The minimum absolute atomic E-state index is 0.0261. The molecule has 0 unspecified atom stereocenters. The van der Waals surface area contributed by atoms with Gasteiger partial charge in [0, 0.05) is 0 Å². The molecule has 17 heteroatoms. The third-order valence-electron chi connectivity index (χ3n) is 13.4. The molecule has 0 amide bonds. The van der Waals surface area contributed by atoms with Crippen LogP contribution in [0, 0.1) is 93.3 Å². The van der Waals surface area contributed by atoms with Crippen molar-refractivity contribution in [1.29, 1.82) is 0 Å². The number of hydrogen-bond donors (Lipinski definition) is 2. The zero-order valence-corrected chi connectivity index (χ0v) is 39.7. The van der Waals surface area contributed by atoms with E-state index in [0.717, 1.165) is 94.4 Å². The molecule has 6 aromatic rings. The van der Waals surface area contributed by atoms with Gasteiger partial charge in [0.1, 0.15) is 29.9 Å². The molecule has 3 nitrogen and oxygen atoms in total. The summed E-state index contributed by atoms with van der Waals surface area (Å²) in [5, 5.41) is 17.9. The third kappa shape index (κ3) is 13.9. The number of benzene rings is 6. The van der Waals surface area contributed by atoms with Crippen molar-refractivity contribution in [2.24, 2.45) is 11.8 Å². The highest BCUT2D eigenvalue weighted by Crippen LogP contribution is 2.41. The summed E-state index contributed by atoms with van der Waals surface area (Å²) in [6, 6.07) is 10.3. The van der Waals surface area contributed by atoms with E-state index >= 15 is 0 Å². The van der Waals surface area contributed by atoms with Crippen LogP contribution >= 0.6 is 0 Å². The van der Waals surface area contributed by atoms with Crippen molar-refractivity contribution in [3.8, 4) is 33.8 Å². The van der Waals surface area contributed by atoms with Crippen molar-refractivity contribution in [1.82, 2.24) is 0 Å². The lowest BCUT2D eigenvalue weighted by Gasteiger charge is -2.28. The fraction of sp³-hybridized carbons (Fsp3) is 0.357. The molecular weight excluding hydrogens is 987 g/mol. The van der Waals surface area contributed by atoms with Crippen LogP contribution in [0.5, 0.6) is 11.5 Å².